The summed E-state index contributed by atoms with van der Waals surface area (Å²) in [6.07, 6.45) is 1.33. The van der Waals surface area contributed by atoms with Crippen molar-refractivity contribution in [1.82, 2.24) is 9.88 Å². The molecule has 1 saturated carbocycles. The first-order chi connectivity index (χ1) is 19.4. The van der Waals surface area contributed by atoms with Crippen molar-refractivity contribution in [2.45, 2.75) is 32.2 Å². The van der Waals surface area contributed by atoms with Crippen molar-refractivity contribution < 1.29 is 28.2 Å². The van der Waals surface area contributed by atoms with E-state index in [1.54, 1.807) is 31.4 Å². The summed E-state index contributed by atoms with van der Waals surface area (Å²) in [4.78, 5) is 31.0. The molecule has 8 nitrogen and oxygen atoms in total. The lowest BCUT2D eigenvalue weighted by molar-refractivity contribution is -0.141. The molecule has 3 aromatic carbocycles. The highest BCUT2D eigenvalue weighted by atomic mass is 16.6. The van der Waals surface area contributed by atoms with E-state index < -0.39 is 12.1 Å². The zero-order chi connectivity index (χ0) is 28.1. The van der Waals surface area contributed by atoms with E-state index in [1.807, 2.05) is 49.4 Å². The van der Waals surface area contributed by atoms with Gasteiger partial charge in [0.15, 0.2) is 0 Å². The summed E-state index contributed by atoms with van der Waals surface area (Å²) in [5, 5.41) is 0. The first-order valence-electron chi connectivity index (χ1n) is 13.2. The number of rotatable bonds is 10. The Labute approximate surface area is 233 Å². The summed E-state index contributed by atoms with van der Waals surface area (Å²) < 4.78 is 21.3. The molecule has 206 valence electrons. The fraction of sp³-hybridized carbons (Fsp3) is 0.281. The Morgan fingerprint density at radius 2 is 1.65 bits per heavy atom. The summed E-state index contributed by atoms with van der Waals surface area (Å²) in [7, 11) is 2.85. The highest BCUT2D eigenvalue weighted by molar-refractivity contribution is 5.79. The number of hydrogen-bond acceptors (Lipinski definition) is 7. The van der Waals surface area contributed by atoms with Gasteiger partial charge in [0.2, 0.25) is 5.89 Å². The molecule has 0 N–H and O–H groups in total. The molecule has 1 amide bonds. The van der Waals surface area contributed by atoms with Crippen LogP contribution in [-0.4, -0.2) is 42.7 Å². The Hall–Kier alpha value is -4.59. The van der Waals surface area contributed by atoms with Crippen LogP contribution < -0.4 is 9.47 Å². The largest absolute Gasteiger partial charge is 0.497 e. The number of aromatic nitrogens is 1. The quantitative estimate of drug-likeness (QED) is 0.222. The van der Waals surface area contributed by atoms with Crippen molar-refractivity contribution in [3.63, 3.8) is 0 Å². The number of nitrogens with zero attached hydrogens (tertiary/aromatic N) is 2. The number of oxazole rings is 1. The maximum absolute atomic E-state index is 12.9. The van der Waals surface area contributed by atoms with Crippen LogP contribution in [0.3, 0.4) is 0 Å². The van der Waals surface area contributed by atoms with Gasteiger partial charge in [-0.15, -0.1) is 0 Å². The van der Waals surface area contributed by atoms with Crippen LogP contribution in [0.1, 0.15) is 34.9 Å². The zero-order valence-electron chi connectivity index (χ0n) is 22.8. The SMILES string of the molecule is COC(=O)CN(Cc1ccc([C@H]2C[C@H]2Cc2nc(-c3ccccc3)oc2C)cc1)C(=O)Oc1ccc(OC)cc1. The minimum absolute atomic E-state index is 0.207. The molecule has 0 spiro atoms. The fourth-order valence-electron chi connectivity index (χ4n) is 4.76. The summed E-state index contributed by atoms with van der Waals surface area (Å²) in [6.45, 7) is 1.96. The minimum atomic E-state index is -0.639. The second-order valence-electron chi connectivity index (χ2n) is 9.91. The lowest BCUT2D eigenvalue weighted by atomic mass is 10.0. The Morgan fingerprint density at radius 3 is 2.33 bits per heavy atom. The molecular formula is C32H32N2O6. The summed E-state index contributed by atoms with van der Waals surface area (Å²) >= 11 is 0. The van der Waals surface area contributed by atoms with Crippen molar-refractivity contribution >= 4 is 12.1 Å². The summed E-state index contributed by atoms with van der Waals surface area (Å²) in [5.41, 5.74) is 4.13. The molecule has 2 atom stereocenters. The Kier molecular flexibility index (Phi) is 8.15. The van der Waals surface area contributed by atoms with Gasteiger partial charge in [-0.25, -0.2) is 9.78 Å². The highest BCUT2D eigenvalue weighted by Crippen LogP contribution is 2.49. The van der Waals surface area contributed by atoms with E-state index in [2.05, 4.69) is 12.1 Å². The van der Waals surface area contributed by atoms with Crippen LogP contribution in [-0.2, 0) is 22.5 Å². The van der Waals surface area contributed by atoms with Gasteiger partial charge in [-0.1, -0.05) is 42.5 Å². The Morgan fingerprint density at radius 1 is 0.950 bits per heavy atom. The number of ether oxygens (including phenoxy) is 3. The molecule has 0 unspecified atom stereocenters. The van der Waals surface area contributed by atoms with Gasteiger partial charge in [-0.3, -0.25) is 9.69 Å². The van der Waals surface area contributed by atoms with E-state index >= 15 is 0 Å². The average Bonchev–Trinajstić information content (AvgIpc) is 3.66. The van der Waals surface area contributed by atoms with E-state index in [0.29, 0.717) is 29.2 Å². The van der Waals surface area contributed by atoms with E-state index in [4.69, 9.17) is 23.6 Å². The van der Waals surface area contributed by atoms with Crippen LogP contribution >= 0.6 is 0 Å². The zero-order valence-corrected chi connectivity index (χ0v) is 22.8. The Balaban J connectivity index is 1.20. The third-order valence-corrected chi connectivity index (χ3v) is 7.14. The smallest absolute Gasteiger partial charge is 0.416 e. The second kappa shape index (κ2) is 12.1. The van der Waals surface area contributed by atoms with Gasteiger partial charge in [0.05, 0.1) is 19.9 Å². The average molecular weight is 541 g/mol. The predicted molar refractivity (Wildman–Crippen MR) is 149 cm³/mol. The van der Waals surface area contributed by atoms with Crippen LogP contribution in [0.15, 0.2) is 83.3 Å². The normalized spacial score (nSPS) is 15.8. The number of benzene rings is 3. The summed E-state index contributed by atoms with van der Waals surface area (Å²) in [5.74, 6) is 2.97. The monoisotopic (exact) mass is 540 g/mol. The summed E-state index contributed by atoms with van der Waals surface area (Å²) in [6, 6.07) is 24.8. The van der Waals surface area contributed by atoms with Crippen LogP contribution in [0.5, 0.6) is 11.5 Å². The number of carbonyl (C=O) groups excluding carboxylic acids is 2. The molecule has 0 bridgehead atoms. The van der Waals surface area contributed by atoms with Gasteiger partial charge in [0, 0.05) is 12.1 Å². The van der Waals surface area contributed by atoms with Crippen molar-refractivity contribution in [3.05, 3.63) is 101 Å². The first-order valence-corrected chi connectivity index (χ1v) is 13.2. The molecule has 0 saturated heterocycles. The maximum Gasteiger partial charge on any atom is 0.416 e. The molecule has 4 aromatic rings. The highest BCUT2D eigenvalue weighted by Gasteiger charge is 2.39. The van der Waals surface area contributed by atoms with E-state index in [9.17, 15) is 9.59 Å². The number of methoxy groups -OCH3 is 2. The van der Waals surface area contributed by atoms with Crippen molar-refractivity contribution in [2.24, 2.45) is 5.92 Å². The van der Waals surface area contributed by atoms with Gasteiger partial charge in [-0.05, 0) is 79.1 Å². The second-order valence-corrected chi connectivity index (χ2v) is 9.91. The van der Waals surface area contributed by atoms with Crippen LogP contribution in [0.4, 0.5) is 4.79 Å². The van der Waals surface area contributed by atoms with Crippen molar-refractivity contribution in [3.8, 4) is 23.0 Å². The van der Waals surface area contributed by atoms with Crippen LogP contribution in [0.2, 0.25) is 0 Å². The van der Waals surface area contributed by atoms with Gasteiger partial charge in [0.1, 0.15) is 23.8 Å². The van der Waals surface area contributed by atoms with E-state index in [0.717, 1.165) is 35.4 Å². The van der Waals surface area contributed by atoms with E-state index in [-0.39, 0.29) is 13.1 Å². The molecule has 1 aromatic heterocycles. The maximum atomic E-state index is 12.9. The molecule has 1 heterocycles. The number of hydrogen-bond donors (Lipinski definition) is 0. The lowest BCUT2D eigenvalue weighted by Gasteiger charge is -2.21. The van der Waals surface area contributed by atoms with Crippen LogP contribution in [0, 0.1) is 12.8 Å². The lowest BCUT2D eigenvalue weighted by Crippen LogP contribution is -2.37. The third kappa shape index (κ3) is 6.51. The van der Waals surface area contributed by atoms with Gasteiger partial charge < -0.3 is 18.6 Å². The molecule has 1 aliphatic carbocycles. The first kappa shape index (κ1) is 27.0. The molecular weight excluding hydrogens is 508 g/mol. The minimum Gasteiger partial charge on any atom is -0.497 e. The molecule has 0 radical (unpaired) electrons. The number of esters is 1. The molecule has 40 heavy (non-hydrogen) atoms. The van der Waals surface area contributed by atoms with Gasteiger partial charge in [0.25, 0.3) is 0 Å². The molecule has 8 heteroatoms. The van der Waals surface area contributed by atoms with E-state index in [1.165, 1.54) is 17.6 Å². The van der Waals surface area contributed by atoms with Crippen molar-refractivity contribution in [1.29, 1.82) is 0 Å². The van der Waals surface area contributed by atoms with Crippen molar-refractivity contribution in [2.75, 3.05) is 20.8 Å². The molecule has 1 fully saturated rings. The number of amides is 1. The standard InChI is InChI=1S/C32H32N2O6/c1-21-29(33-31(39-21)24-7-5-4-6-8-24)18-25-17-28(25)23-11-9-22(10-12-23)19-34(20-30(35)38-3)32(36)40-27-15-13-26(37-2)14-16-27/h4-16,25,28H,17-20H2,1-3H3/t25-,28+/m0/s1. The number of carbonyl (C=O) groups is 2. The fourth-order valence-corrected chi connectivity index (χ4v) is 4.76. The van der Waals surface area contributed by atoms with Gasteiger partial charge in [-0.2, -0.15) is 0 Å². The third-order valence-electron chi connectivity index (χ3n) is 7.14. The topological polar surface area (TPSA) is 91.1 Å². The molecule has 5 rings (SSSR count). The number of aryl methyl sites for hydroxylation is 1. The predicted octanol–water partition coefficient (Wildman–Crippen LogP) is 6.18. The molecule has 0 aliphatic heterocycles. The van der Waals surface area contributed by atoms with Crippen LogP contribution in [0.25, 0.3) is 11.5 Å². The van der Waals surface area contributed by atoms with Gasteiger partial charge >= 0.3 is 12.1 Å². The molecule has 1 aliphatic rings. The Bertz CT molecular complexity index is 1450.